The minimum absolute atomic E-state index is 0.140. The van der Waals surface area contributed by atoms with Crippen molar-refractivity contribution in [2.75, 3.05) is 6.54 Å². The lowest BCUT2D eigenvalue weighted by Gasteiger charge is -2.42. The molecule has 0 aromatic carbocycles. The topological polar surface area (TPSA) is 21.3 Å². The molecule has 2 aliphatic rings. The molecule has 3 heteroatoms. The molecule has 16 heavy (non-hydrogen) atoms. The first-order valence-corrected chi connectivity index (χ1v) is 7.12. The third-order valence-corrected chi connectivity index (χ3v) is 4.85. The van der Waals surface area contributed by atoms with Crippen LogP contribution in [-0.2, 0) is 4.74 Å². The maximum Gasteiger partial charge on any atom is 0.107 e. The molecular formula is C13H19NOS. The molecule has 2 unspecified atom stereocenters. The van der Waals surface area contributed by atoms with Crippen LogP contribution in [0.4, 0.5) is 0 Å². The SMILES string of the molecule is CC1NCC2(CCCC2)OC1c1cccs1. The van der Waals surface area contributed by atoms with Gasteiger partial charge in [-0.3, -0.25) is 0 Å². The second kappa shape index (κ2) is 4.13. The van der Waals surface area contributed by atoms with Crippen LogP contribution in [0.2, 0.25) is 0 Å². The van der Waals surface area contributed by atoms with Crippen LogP contribution in [0.5, 0.6) is 0 Å². The van der Waals surface area contributed by atoms with Crippen molar-refractivity contribution in [3.63, 3.8) is 0 Å². The van der Waals surface area contributed by atoms with Crippen LogP contribution in [0.1, 0.15) is 43.6 Å². The standard InChI is InChI=1S/C13H19NOS/c1-10-12(11-5-4-8-16-11)15-13(9-14-10)6-2-3-7-13/h4-5,8,10,12,14H,2-3,6-7,9H2,1H3. The summed E-state index contributed by atoms with van der Waals surface area (Å²) in [6.45, 7) is 3.27. The molecule has 1 saturated carbocycles. The molecule has 1 spiro atoms. The fraction of sp³-hybridized carbons (Fsp3) is 0.692. The molecule has 2 atom stereocenters. The number of ether oxygens (including phenoxy) is 1. The van der Waals surface area contributed by atoms with Crippen LogP contribution in [0, 0.1) is 0 Å². The van der Waals surface area contributed by atoms with Crippen molar-refractivity contribution < 1.29 is 4.74 Å². The molecule has 1 aromatic rings. The van der Waals surface area contributed by atoms with E-state index in [1.54, 1.807) is 0 Å². The van der Waals surface area contributed by atoms with E-state index >= 15 is 0 Å². The van der Waals surface area contributed by atoms with Gasteiger partial charge in [0.15, 0.2) is 0 Å². The van der Waals surface area contributed by atoms with Crippen molar-refractivity contribution in [3.05, 3.63) is 22.4 Å². The van der Waals surface area contributed by atoms with Crippen LogP contribution in [-0.4, -0.2) is 18.2 Å². The highest BCUT2D eigenvalue weighted by Gasteiger charge is 2.42. The normalized spacial score (nSPS) is 33.3. The lowest BCUT2D eigenvalue weighted by Crippen LogP contribution is -2.53. The number of rotatable bonds is 1. The van der Waals surface area contributed by atoms with Crippen LogP contribution in [0.25, 0.3) is 0 Å². The van der Waals surface area contributed by atoms with E-state index in [0.29, 0.717) is 6.04 Å². The van der Waals surface area contributed by atoms with E-state index in [0.717, 1.165) is 6.54 Å². The number of nitrogens with one attached hydrogen (secondary N) is 1. The molecule has 2 heterocycles. The Bertz CT molecular complexity index is 343. The Balaban J connectivity index is 1.81. The Labute approximate surface area is 101 Å². The van der Waals surface area contributed by atoms with Gasteiger partial charge in [-0.05, 0) is 31.2 Å². The summed E-state index contributed by atoms with van der Waals surface area (Å²) in [7, 11) is 0. The van der Waals surface area contributed by atoms with Crippen molar-refractivity contribution in [1.82, 2.24) is 5.32 Å². The first kappa shape index (κ1) is 10.8. The van der Waals surface area contributed by atoms with Crippen molar-refractivity contribution in [1.29, 1.82) is 0 Å². The Kier molecular flexibility index (Phi) is 2.78. The third kappa shape index (κ3) is 1.81. The van der Waals surface area contributed by atoms with Gasteiger partial charge < -0.3 is 10.1 Å². The predicted octanol–water partition coefficient (Wildman–Crippen LogP) is 3.11. The Morgan fingerprint density at radius 3 is 2.94 bits per heavy atom. The van der Waals surface area contributed by atoms with Gasteiger partial charge in [-0.2, -0.15) is 0 Å². The van der Waals surface area contributed by atoms with Gasteiger partial charge in [-0.15, -0.1) is 11.3 Å². The highest BCUT2D eigenvalue weighted by Crippen LogP contribution is 2.41. The molecule has 2 fully saturated rings. The zero-order valence-electron chi connectivity index (χ0n) is 9.74. The van der Waals surface area contributed by atoms with Gasteiger partial charge >= 0.3 is 0 Å². The van der Waals surface area contributed by atoms with E-state index < -0.39 is 0 Å². The lowest BCUT2D eigenvalue weighted by molar-refractivity contribution is -0.130. The second-order valence-corrected chi connectivity index (χ2v) is 6.09. The molecule has 1 aromatic heterocycles. The highest BCUT2D eigenvalue weighted by molar-refractivity contribution is 7.10. The van der Waals surface area contributed by atoms with Crippen molar-refractivity contribution in [2.45, 2.75) is 50.4 Å². The van der Waals surface area contributed by atoms with Crippen LogP contribution >= 0.6 is 11.3 Å². The quantitative estimate of drug-likeness (QED) is 0.810. The smallest absolute Gasteiger partial charge is 0.107 e. The maximum atomic E-state index is 6.44. The van der Waals surface area contributed by atoms with Crippen LogP contribution in [0.3, 0.4) is 0 Å². The summed E-state index contributed by atoms with van der Waals surface area (Å²) < 4.78 is 6.44. The van der Waals surface area contributed by atoms with E-state index in [9.17, 15) is 0 Å². The first-order valence-electron chi connectivity index (χ1n) is 6.24. The minimum Gasteiger partial charge on any atom is -0.363 e. The summed E-state index contributed by atoms with van der Waals surface area (Å²) in [6, 6.07) is 4.75. The van der Waals surface area contributed by atoms with Gasteiger partial charge in [0, 0.05) is 17.5 Å². The Morgan fingerprint density at radius 2 is 2.25 bits per heavy atom. The zero-order chi connectivity index (χ0) is 11.0. The summed E-state index contributed by atoms with van der Waals surface area (Å²) in [5, 5.41) is 5.77. The first-order chi connectivity index (χ1) is 7.79. The van der Waals surface area contributed by atoms with Gasteiger partial charge in [-0.25, -0.2) is 0 Å². The molecule has 0 radical (unpaired) electrons. The van der Waals surface area contributed by atoms with E-state index in [1.165, 1.54) is 30.6 Å². The summed E-state index contributed by atoms with van der Waals surface area (Å²) in [4.78, 5) is 1.37. The fourth-order valence-electron chi connectivity index (χ4n) is 2.94. The fourth-order valence-corrected chi connectivity index (χ4v) is 3.80. The number of hydrogen-bond donors (Lipinski definition) is 1. The van der Waals surface area contributed by atoms with E-state index in [-0.39, 0.29) is 11.7 Å². The van der Waals surface area contributed by atoms with Gasteiger partial charge in [0.2, 0.25) is 0 Å². The predicted molar refractivity (Wildman–Crippen MR) is 66.8 cm³/mol. The minimum atomic E-state index is 0.140. The van der Waals surface area contributed by atoms with Crippen molar-refractivity contribution in [2.24, 2.45) is 0 Å². The molecular weight excluding hydrogens is 218 g/mol. The monoisotopic (exact) mass is 237 g/mol. The summed E-state index contributed by atoms with van der Waals surface area (Å²) >= 11 is 1.81. The number of thiophene rings is 1. The third-order valence-electron chi connectivity index (χ3n) is 3.92. The molecule has 1 N–H and O–H groups in total. The molecule has 1 saturated heterocycles. The largest absolute Gasteiger partial charge is 0.363 e. The van der Waals surface area contributed by atoms with Gasteiger partial charge in [-0.1, -0.05) is 18.9 Å². The maximum absolute atomic E-state index is 6.44. The van der Waals surface area contributed by atoms with Gasteiger partial charge in [0.25, 0.3) is 0 Å². The highest BCUT2D eigenvalue weighted by atomic mass is 32.1. The van der Waals surface area contributed by atoms with Gasteiger partial charge in [0.05, 0.1) is 5.60 Å². The zero-order valence-corrected chi connectivity index (χ0v) is 10.6. The van der Waals surface area contributed by atoms with E-state index in [4.69, 9.17) is 4.74 Å². The Hall–Kier alpha value is -0.380. The molecule has 0 bridgehead atoms. The van der Waals surface area contributed by atoms with Gasteiger partial charge in [0.1, 0.15) is 6.10 Å². The lowest BCUT2D eigenvalue weighted by atomic mass is 9.96. The average molecular weight is 237 g/mol. The summed E-state index contributed by atoms with van der Waals surface area (Å²) in [5.74, 6) is 0. The molecule has 1 aliphatic carbocycles. The molecule has 1 aliphatic heterocycles. The summed E-state index contributed by atoms with van der Waals surface area (Å²) in [6.07, 6.45) is 5.37. The summed E-state index contributed by atoms with van der Waals surface area (Å²) in [5.41, 5.74) is 0.140. The number of morpholine rings is 1. The van der Waals surface area contributed by atoms with E-state index in [2.05, 4.69) is 29.8 Å². The molecule has 3 rings (SSSR count). The second-order valence-electron chi connectivity index (χ2n) is 5.11. The number of hydrogen-bond acceptors (Lipinski definition) is 3. The average Bonchev–Trinajstić information content (AvgIpc) is 2.94. The Morgan fingerprint density at radius 1 is 1.44 bits per heavy atom. The molecule has 88 valence electrons. The van der Waals surface area contributed by atoms with Crippen molar-refractivity contribution >= 4 is 11.3 Å². The van der Waals surface area contributed by atoms with Crippen molar-refractivity contribution in [3.8, 4) is 0 Å². The van der Waals surface area contributed by atoms with Crippen LogP contribution < -0.4 is 5.32 Å². The molecule has 0 amide bonds. The van der Waals surface area contributed by atoms with E-state index in [1.807, 2.05) is 11.3 Å². The van der Waals surface area contributed by atoms with Crippen LogP contribution in [0.15, 0.2) is 17.5 Å². The molecule has 2 nitrogen and oxygen atoms in total.